The second-order valence-corrected chi connectivity index (χ2v) is 14.8. The summed E-state index contributed by atoms with van der Waals surface area (Å²) in [6.07, 6.45) is 1.75. The van der Waals surface area contributed by atoms with E-state index < -0.39 is 23.3 Å². The van der Waals surface area contributed by atoms with Gasteiger partial charge in [0.25, 0.3) is 0 Å². The van der Waals surface area contributed by atoms with E-state index in [1.54, 1.807) is 33.0 Å². The van der Waals surface area contributed by atoms with Gasteiger partial charge in [0.05, 0.1) is 58.5 Å². The molecule has 2 aliphatic heterocycles. The number of anilines is 3. The first-order chi connectivity index (χ1) is 23.8. The number of hydrogen-bond donors (Lipinski definition) is 2. The second kappa shape index (κ2) is 12.3. The minimum Gasteiger partial charge on any atom is -0.444 e. The molecule has 1 aromatic carbocycles. The molecule has 50 heavy (non-hydrogen) atoms. The standard InChI is InChI=1S/C34H34F2N10O3S/c1-33(2,3)49-32(47)43-30-18(10-37)23-26(38-12-21(35)28(23)50-30)22-19-13-48-14-20(19)24-27(25(22)36)41-31(46-15-34(4,16-46)45(5)6)42-29(24)39-11-17-8-7-9-40-44-17/h7-9,12H,11,13-16H2,1-6H3,(H,43,47)(H,39,41,42). The van der Waals surface area contributed by atoms with Gasteiger partial charge < -0.3 is 24.6 Å². The largest absolute Gasteiger partial charge is 0.444 e. The summed E-state index contributed by atoms with van der Waals surface area (Å²) >= 11 is 0.847. The number of likely N-dealkylation sites (N-methyl/N-ethyl adjacent to an activating group) is 1. The van der Waals surface area contributed by atoms with Gasteiger partial charge >= 0.3 is 6.09 Å². The molecule has 2 aliphatic rings. The Kier molecular flexibility index (Phi) is 8.24. The third kappa shape index (κ3) is 5.80. The Bertz CT molecular complexity index is 2210. The minimum absolute atomic E-state index is 0.0227. The van der Waals surface area contributed by atoms with Gasteiger partial charge in [0.2, 0.25) is 5.95 Å². The first-order valence-electron chi connectivity index (χ1n) is 15.8. The summed E-state index contributed by atoms with van der Waals surface area (Å²) in [4.78, 5) is 30.8. The Labute approximate surface area is 290 Å². The Balaban J connectivity index is 1.43. The fraction of sp³-hybridized carbons (Fsp3) is 0.382. The van der Waals surface area contributed by atoms with E-state index in [2.05, 4.69) is 43.7 Å². The number of aromatic nitrogens is 5. The number of carbonyl (C=O) groups is 1. The summed E-state index contributed by atoms with van der Waals surface area (Å²) in [6, 6.07) is 5.66. The van der Waals surface area contributed by atoms with Crippen LogP contribution in [0.5, 0.6) is 0 Å². The summed E-state index contributed by atoms with van der Waals surface area (Å²) in [5.41, 5.74) is 0.877. The normalized spacial score (nSPS) is 15.2. The highest BCUT2D eigenvalue weighted by atomic mass is 32.1. The molecule has 0 unspecified atom stereocenters. The number of carbonyl (C=O) groups excluding carboxylic acids is 1. The number of ether oxygens (including phenoxy) is 2. The number of nitrogens with zero attached hydrogens (tertiary/aromatic N) is 8. The number of rotatable bonds is 7. The smallest absolute Gasteiger partial charge is 0.412 e. The number of hydrogen-bond acceptors (Lipinski definition) is 13. The molecule has 258 valence electrons. The highest BCUT2D eigenvalue weighted by Gasteiger charge is 2.42. The zero-order valence-corrected chi connectivity index (χ0v) is 29.1. The topological polar surface area (TPSA) is 154 Å². The van der Waals surface area contributed by atoms with E-state index in [9.17, 15) is 10.1 Å². The zero-order chi connectivity index (χ0) is 35.5. The molecule has 0 aliphatic carbocycles. The van der Waals surface area contributed by atoms with Crippen molar-refractivity contribution in [2.24, 2.45) is 0 Å². The van der Waals surface area contributed by atoms with Crippen molar-refractivity contribution < 1.29 is 23.0 Å². The Hall–Kier alpha value is -5.11. The maximum absolute atomic E-state index is 17.3. The van der Waals surface area contributed by atoms with Crippen LogP contribution in [0.4, 0.5) is 30.3 Å². The molecular weight excluding hydrogens is 667 g/mol. The molecule has 0 atom stereocenters. The molecule has 5 aromatic rings. The van der Waals surface area contributed by atoms with Crippen LogP contribution in [0.2, 0.25) is 0 Å². The lowest BCUT2D eigenvalue weighted by Gasteiger charge is -2.51. The molecule has 0 spiro atoms. The van der Waals surface area contributed by atoms with Gasteiger partial charge in [-0.3, -0.25) is 10.3 Å². The van der Waals surface area contributed by atoms with Crippen molar-refractivity contribution in [2.45, 2.75) is 58.6 Å². The lowest BCUT2D eigenvalue weighted by molar-refractivity contribution is 0.0636. The summed E-state index contributed by atoms with van der Waals surface area (Å²) in [5.74, 6) is -0.714. The number of thiophene rings is 1. The van der Waals surface area contributed by atoms with Crippen molar-refractivity contribution in [1.29, 1.82) is 5.26 Å². The van der Waals surface area contributed by atoms with E-state index in [1.807, 2.05) is 25.1 Å². The van der Waals surface area contributed by atoms with Gasteiger partial charge in [-0.15, -0.1) is 11.3 Å². The molecule has 4 aromatic heterocycles. The highest BCUT2D eigenvalue weighted by Crippen LogP contribution is 2.47. The quantitative estimate of drug-likeness (QED) is 0.205. The van der Waals surface area contributed by atoms with Gasteiger partial charge in [-0.25, -0.2) is 18.6 Å². The number of nitrogens with one attached hydrogen (secondary N) is 2. The van der Waals surface area contributed by atoms with E-state index in [4.69, 9.17) is 19.4 Å². The third-order valence-electron chi connectivity index (χ3n) is 8.91. The summed E-state index contributed by atoms with van der Waals surface area (Å²) in [7, 11) is 4.01. The Morgan fingerprint density at radius 1 is 1.20 bits per heavy atom. The van der Waals surface area contributed by atoms with Crippen LogP contribution in [-0.4, -0.2) is 74.5 Å². The van der Waals surface area contributed by atoms with Crippen molar-refractivity contribution in [1.82, 2.24) is 30.0 Å². The third-order valence-corrected chi connectivity index (χ3v) is 10.0. The SMILES string of the molecule is CN(C)C1(C)CN(c2nc(NCc3cccnn3)c3c4c(c(-c5ncc(F)c6sc(NC(=O)OC(C)(C)C)c(C#N)c56)c(F)c3n2)COC4)C1. The van der Waals surface area contributed by atoms with Gasteiger partial charge in [0.1, 0.15) is 28.0 Å². The van der Waals surface area contributed by atoms with Crippen LogP contribution < -0.4 is 15.5 Å². The molecule has 2 N–H and O–H groups in total. The van der Waals surface area contributed by atoms with Gasteiger partial charge in [-0.05, 0) is 65.0 Å². The maximum atomic E-state index is 17.3. The fourth-order valence-corrected chi connectivity index (χ4v) is 7.23. The van der Waals surface area contributed by atoms with Crippen LogP contribution in [0.15, 0.2) is 24.5 Å². The molecule has 0 bridgehead atoms. The Morgan fingerprint density at radius 2 is 1.96 bits per heavy atom. The summed E-state index contributed by atoms with van der Waals surface area (Å²) < 4.78 is 44.0. The van der Waals surface area contributed by atoms with Gasteiger partial charge in [0.15, 0.2) is 11.6 Å². The zero-order valence-electron chi connectivity index (χ0n) is 28.3. The first-order valence-corrected chi connectivity index (χ1v) is 16.7. The molecule has 0 radical (unpaired) electrons. The Morgan fingerprint density at radius 3 is 2.64 bits per heavy atom. The number of pyridine rings is 1. The van der Waals surface area contributed by atoms with Crippen LogP contribution >= 0.6 is 11.3 Å². The van der Waals surface area contributed by atoms with Crippen LogP contribution in [0.1, 0.15) is 50.1 Å². The van der Waals surface area contributed by atoms with Gasteiger partial charge in [-0.1, -0.05) is 0 Å². The molecule has 13 nitrogen and oxygen atoms in total. The number of fused-ring (bicyclic) bond motifs is 4. The summed E-state index contributed by atoms with van der Waals surface area (Å²) in [6.45, 7) is 8.89. The predicted molar refractivity (Wildman–Crippen MR) is 185 cm³/mol. The van der Waals surface area contributed by atoms with Crippen LogP contribution in [0, 0.1) is 23.0 Å². The predicted octanol–water partition coefficient (Wildman–Crippen LogP) is 5.98. The number of amides is 1. The average Bonchev–Trinajstić information content (AvgIpc) is 3.68. The monoisotopic (exact) mass is 700 g/mol. The highest BCUT2D eigenvalue weighted by molar-refractivity contribution is 7.23. The lowest BCUT2D eigenvalue weighted by atomic mass is 9.91. The average molecular weight is 701 g/mol. The maximum Gasteiger partial charge on any atom is 0.412 e. The molecule has 16 heteroatoms. The van der Waals surface area contributed by atoms with E-state index in [-0.39, 0.29) is 62.7 Å². The van der Waals surface area contributed by atoms with Crippen molar-refractivity contribution in [2.75, 3.05) is 42.7 Å². The van der Waals surface area contributed by atoms with Crippen molar-refractivity contribution >= 4 is 55.2 Å². The fourth-order valence-electron chi connectivity index (χ4n) is 6.19. The second-order valence-electron chi connectivity index (χ2n) is 13.8. The van der Waals surface area contributed by atoms with Crippen molar-refractivity contribution in [3.63, 3.8) is 0 Å². The first kappa shape index (κ1) is 33.4. The van der Waals surface area contributed by atoms with Gasteiger partial charge in [-0.2, -0.15) is 20.4 Å². The lowest BCUT2D eigenvalue weighted by Crippen LogP contribution is -2.67. The molecule has 7 rings (SSSR count). The van der Waals surface area contributed by atoms with Crippen LogP contribution in [0.3, 0.4) is 0 Å². The molecule has 1 fully saturated rings. The molecule has 1 amide bonds. The summed E-state index contributed by atoms with van der Waals surface area (Å²) in [5, 5.41) is 24.9. The van der Waals surface area contributed by atoms with Crippen LogP contribution in [0.25, 0.3) is 32.2 Å². The van der Waals surface area contributed by atoms with Gasteiger partial charge in [0, 0.05) is 30.2 Å². The molecular formula is C34H34F2N10O3S. The molecule has 1 saturated heterocycles. The van der Waals surface area contributed by atoms with E-state index in [1.165, 1.54) is 0 Å². The van der Waals surface area contributed by atoms with E-state index >= 15 is 8.78 Å². The number of benzene rings is 1. The molecule has 6 heterocycles. The molecule has 0 saturated carbocycles. The number of nitriles is 1. The van der Waals surface area contributed by atoms with Crippen molar-refractivity contribution in [3.8, 4) is 17.3 Å². The van der Waals surface area contributed by atoms with E-state index in [0.717, 1.165) is 17.5 Å². The minimum atomic E-state index is -0.816. The number of halogens is 2. The van der Waals surface area contributed by atoms with Crippen molar-refractivity contribution in [3.05, 3.63) is 58.5 Å². The van der Waals surface area contributed by atoms with E-state index in [0.29, 0.717) is 47.1 Å². The van der Waals surface area contributed by atoms with Crippen LogP contribution in [-0.2, 0) is 29.2 Å².